The number of benzene rings is 1. The number of carbonyl (C=O) groups excluding carboxylic acids is 1. The second-order valence-electron chi connectivity index (χ2n) is 3.33. The van der Waals surface area contributed by atoms with E-state index in [0.29, 0.717) is 5.56 Å². The second-order valence-corrected chi connectivity index (χ2v) is 4.49. The van der Waals surface area contributed by atoms with E-state index in [9.17, 15) is 4.79 Å². The molecule has 0 saturated carbocycles. The van der Waals surface area contributed by atoms with Crippen LogP contribution in [0.4, 0.5) is 0 Å². The van der Waals surface area contributed by atoms with E-state index in [1.807, 2.05) is 32.0 Å². The molecule has 1 rings (SSSR count). The number of ether oxygens (including phenoxy) is 1. The highest BCUT2D eigenvalue weighted by Crippen LogP contribution is 2.22. The molecule has 0 radical (unpaired) electrons. The van der Waals surface area contributed by atoms with Crippen molar-refractivity contribution in [3.8, 4) is 5.75 Å². The molecule has 0 aromatic heterocycles. The van der Waals surface area contributed by atoms with E-state index in [0.717, 1.165) is 22.4 Å². The van der Waals surface area contributed by atoms with Crippen LogP contribution >= 0.6 is 22.6 Å². The number of hydrogen-bond donors (Lipinski definition) is 0. The van der Waals surface area contributed by atoms with E-state index in [1.54, 1.807) is 12.0 Å². The highest BCUT2D eigenvalue weighted by atomic mass is 127. The van der Waals surface area contributed by atoms with Crippen LogP contribution in [0.15, 0.2) is 18.2 Å². The Bertz CT molecular complexity index is 375. The van der Waals surface area contributed by atoms with E-state index in [4.69, 9.17) is 4.74 Å². The van der Waals surface area contributed by atoms with Gasteiger partial charge in [0.25, 0.3) is 5.91 Å². The van der Waals surface area contributed by atoms with Gasteiger partial charge in [-0.25, -0.2) is 0 Å². The van der Waals surface area contributed by atoms with Gasteiger partial charge in [0.2, 0.25) is 0 Å². The van der Waals surface area contributed by atoms with Crippen molar-refractivity contribution < 1.29 is 9.53 Å². The lowest BCUT2D eigenvalue weighted by molar-refractivity contribution is 0.0773. The van der Waals surface area contributed by atoms with Crippen molar-refractivity contribution in [1.29, 1.82) is 0 Å². The molecule has 0 aliphatic heterocycles. The van der Waals surface area contributed by atoms with Crippen molar-refractivity contribution in [2.24, 2.45) is 0 Å². The van der Waals surface area contributed by atoms with Gasteiger partial charge in [-0.2, -0.15) is 0 Å². The molecule has 0 saturated heterocycles. The molecule has 0 aliphatic carbocycles. The van der Waals surface area contributed by atoms with Gasteiger partial charge in [-0.3, -0.25) is 4.79 Å². The predicted octanol–water partition coefficient (Wildman–Crippen LogP) is 2.78. The Balaban J connectivity index is 2.96. The van der Waals surface area contributed by atoms with Gasteiger partial charge >= 0.3 is 0 Å². The Kier molecular flexibility index (Phi) is 5.05. The van der Waals surface area contributed by atoms with E-state index < -0.39 is 0 Å². The average molecular weight is 333 g/mol. The van der Waals surface area contributed by atoms with Crippen LogP contribution in [0.2, 0.25) is 0 Å². The third-order valence-electron chi connectivity index (χ3n) is 2.45. The zero-order valence-electron chi connectivity index (χ0n) is 9.79. The van der Waals surface area contributed by atoms with Gasteiger partial charge < -0.3 is 9.64 Å². The number of nitrogens with zero attached hydrogens (tertiary/aromatic N) is 1. The first-order valence-electron chi connectivity index (χ1n) is 5.26. The molecule has 0 aliphatic rings. The molecule has 1 aromatic rings. The largest absolute Gasteiger partial charge is 0.496 e. The Morgan fingerprint density at radius 1 is 1.38 bits per heavy atom. The van der Waals surface area contributed by atoms with Crippen molar-refractivity contribution in [2.45, 2.75) is 13.8 Å². The zero-order chi connectivity index (χ0) is 12.1. The van der Waals surface area contributed by atoms with Gasteiger partial charge in [0, 0.05) is 18.7 Å². The van der Waals surface area contributed by atoms with Gasteiger partial charge in [0.05, 0.1) is 10.7 Å². The number of carbonyl (C=O) groups is 1. The molecule has 3 nitrogen and oxygen atoms in total. The average Bonchev–Trinajstić information content (AvgIpc) is 2.30. The van der Waals surface area contributed by atoms with Crippen molar-refractivity contribution >= 4 is 28.5 Å². The monoisotopic (exact) mass is 333 g/mol. The molecule has 0 heterocycles. The maximum absolute atomic E-state index is 12.0. The molecule has 0 spiro atoms. The Morgan fingerprint density at radius 2 is 2.00 bits per heavy atom. The number of rotatable bonds is 4. The molecule has 0 unspecified atom stereocenters. The fraction of sp³-hybridized carbons (Fsp3) is 0.417. The van der Waals surface area contributed by atoms with Gasteiger partial charge in [-0.15, -0.1) is 0 Å². The maximum atomic E-state index is 12.0. The second kappa shape index (κ2) is 6.08. The van der Waals surface area contributed by atoms with Gasteiger partial charge in [-0.05, 0) is 54.6 Å². The molecule has 0 fully saturated rings. The Morgan fingerprint density at radius 3 is 2.44 bits per heavy atom. The summed E-state index contributed by atoms with van der Waals surface area (Å²) in [4.78, 5) is 13.8. The van der Waals surface area contributed by atoms with Crippen LogP contribution in [0.3, 0.4) is 0 Å². The third-order valence-corrected chi connectivity index (χ3v) is 3.29. The van der Waals surface area contributed by atoms with Crippen LogP contribution in [-0.2, 0) is 0 Å². The summed E-state index contributed by atoms with van der Waals surface area (Å²) in [5, 5.41) is 0. The minimum absolute atomic E-state index is 0.0746. The van der Waals surface area contributed by atoms with E-state index in [1.165, 1.54) is 0 Å². The number of amides is 1. The molecule has 4 heteroatoms. The van der Waals surface area contributed by atoms with Crippen LogP contribution in [0.5, 0.6) is 5.75 Å². The summed E-state index contributed by atoms with van der Waals surface area (Å²) >= 11 is 2.17. The molecule has 1 amide bonds. The van der Waals surface area contributed by atoms with Crippen molar-refractivity contribution in [3.05, 3.63) is 27.3 Å². The lowest BCUT2D eigenvalue weighted by Crippen LogP contribution is -2.30. The molecule has 88 valence electrons. The first-order chi connectivity index (χ1) is 7.63. The van der Waals surface area contributed by atoms with Crippen molar-refractivity contribution in [2.75, 3.05) is 20.2 Å². The number of halogens is 1. The quantitative estimate of drug-likeness (QED) is 0.793. The summed E-state index contributed by atoms with van der Waals surface area (Å²) in [6.45, 7) is 5.43. The van der Waals surface area contributed by atoms with E-state index in [-0.39, 0.29) is 5.91 Å². The fourth-order valence-corrected chi connectivity index (χ4v) is 2.23. The van der Waals surface area contributed by atoms with Crippen LogP contribution in [0.25, 0.3) is 0 Å². The summed E-state index contributed by atoms with van der Waals surface area (Å²) in [7, 11) is 1.63. The van der Waals surface area contributed by atoms with Crippen LogP contribution in [0, 0.1) is 3.57 Å². The SMILES string of the molecule is CCN(CC)C(=O)c1ccc(OC)c(I)c1. The zero-order valence-corrected chi connectivity index (χ0v) is 11.9. The number of methoxy groups -OCH3 is 1. The molecule has 0 atom stereocenters. The smallest absolute Gasteiger partial charge is 0.253 e. The molecule has 1 aromatic carbocycles. The third kappa shape index (κ3) is 2.87. The van der Waals surface area contributed by atoms with E-state index in [2.05, 4.69) is 22.6 Å². The minimum Gasteiger partial charge on any atom is -0.496 e. The molecular weight excluding hydrogens is 317 g/mol. The Hall–Kier alpha value is -0.780. The summed E-state index contributed by atoms with van der Waals surface area (Å²) in [5.41, 5.74) is 0.717. The van der Waals surface area contributed by atoms with Crippen molar-refractivity contribution in [1.82, 2.24) is 4.90 Å². The summed E-state index contributed by atoms with van der Waals surface area (Å²) in [6.07, 6.45) is 0. The predicted molar refractivity (Wildman–Crippen MR) is 73.0 cm³/mol. The summed E-state index contributed by atoms with van der Waals surface area (Å²) in [6, 6.07) is 5.50. The molecule has 0 bridgehead atoms. The summed E-state index contributed by atoms with van der Waals surface area (Å²) < 4.78 is 6.12. The molecule has 16 heavy (non-hydrogen) atoms. The van der Waals surface area contributed by atoms with Gasteiger partial charge in [0.1, 0.15) is 5.75 Å². The van der Waals surface area contributed by atoms with Crippen LogP contribution < -0.4 is 4.74 Å². The standard InChI is InChI=1S/C12H16INO2/c1-4-14(5-2)12(15)9-6-7-11(16-3)10(13)8-9/h6-8H,4-5H2,1-3H3. The van der Waals surface area contributed by atoms with Gasteiger partial charge in [-0.1, -0.05) is 0 Å². The topological polar surface area (TPSA) is 29.5 Å². The fourth-order valence-electron chi connectivity index (χ4n) is 1.49. The molecular formula is C12H16INO2. The Labute approximate surface area is 110 Å². The lowest BCUT2D eigenvalue weighted by Gasteiger charge is -2.18. The number of hydrogen-bond acceptors (Lipinski definition) is 2. The normalized spacial score (nSPS) is 10.0. The van der Waals surface area contributed by atoms with Gasteiger partial charge in [0.15, 0.2) is 0 Å². The first-order valence-corrected chi connectivity index (χ1v) is 6.34. The van der Waals surface area contributed by atoms with Crippen molar-refractivity contribution in [3.63, 3.8) is 0 Å². The maximum Gasteiger partial charge on any atom is 0.253 e. The van der Waals surface area contributed by atoms with Crippen LogP contribution in [0.1, 0.15) is 24.2 Å². The van der Waals surface area contributed by atoms with Crippen LogP contribution in [-0.4, -0.2) is 31.0 Å². The highest BCUT2D eigenvalue weighted by Gasteiger charge is 2.13. The highest BCUT2D eigenvalue weighted by molar-refractivity contribution is 14.1. The minimum atomic E-state index is 0.0746. The molecule has 0 N–H and O–H groups in total. The first kappa shape index (κ1) is 13.3. The lowest BCUT2D eigenvalue weighted by atomic mass is 10.2. The summed E-state index contributed by atoms with van der Waals surface area (Å²) in [5.74, 6) is 0.877. The van der Waals surface area contributed by atoms with E-state index >= 15 is 0 Å².